The summed E-state index contributed by atoms with van der Waals surface area (Å²) in [5.74, 6) is -0.481. The zero-order valence-corrected chi connectivity index (χ0v) is 17.5. The third kappa shape index (κ3) is 5.93. The Hall–Kier alpha value is -2.13. The number of amides is 2. The van der Waals surface area contributed by atoms with Gasteiger partial charge in [0.15, 0.2) is 6.61 Å². The van der Waals surface area contributed by atoms with Gasteiger partial charge in [-0.2, -0.15) is 4.31 Å². The SMILES string of the molecule is CCCS(=O)(=O)N1CCCCC1C(=O)NNC(=O)COc1ccc(C)c(C)c1. The van der Waals surface area contributed by atoms with E-state index in [1.807, 2.05) is 26.0 Å². The quantitative estimate of drug-likeness (QED) is 0.661. The van der Waals surface area contributed by atoms with Gasteiger partial charge >= 0.3 is 0 Å². The van der Waals surface area contributed by atoms with Crippen molar-refractivity contribution in [2.45, 2.75) is 52.5 Å². The van der Waals surface area contributed by atoms with Gasteiger partial charge < -0.3 is 4.74 Å². The van der Waals surface area contributed by atoms with Crippen molar-refractivity contribution in [3.05, 3.63) is 29.3 Å². The molecule has 0 spiro atoms. The van der Waals surface area contributed by atoms with E-state index in [0.717, 1.165) is 24.0 Å². The first-order chi connectivity index (χ1) is 13.2. The minimum atomic E-state index is -3.48. The van der Waals surface area contributed by atoms with Gasteiger partial charge in [-0.3, -0.25) is 20.4 Å². The molecule has 1 aliphatic rings. The summed E-state index contributed by atoms with van der Waals surface area (Å²) in [6.45, 7) is 5.78. The molecule has 1 unspecified atom stereocenters. The van der Waals surface area contributed by atoms with E-state index >= 15 is 0 Å². The number of nitrogens with zero attached hydrogens (tertiary/aromatic N) is 1. The van der Waals surface area contributed by atoms with E-state index < -0.39 is 27.9 Å². The van der Waals surface area contributed by atoms with Crippen LogP contribution in [0.15, 0.2) is 18.2 Å². The fraction of sp³-hybridized carbons (Fsp3) is 0.579. The number of aryl methyl sites for hydroxylation is 2. The van der Waals surface area contributed by atoms with Gasteiger partial charge in [0.05, 0.1) is 5.75 Å². The van der Waals surface area contributed by atoms with Crippen LogP contribution in [0.5, 0.6) is 5.75 Å². The fourth-order valence-electron chi connectivity index (χ4n) is 3.08. The second kappa shape index (κ2) is 9.88. The van der Waals surface area contributed by atoms with Crippen molar-refractivity contribution in [1.82, 2.24) is 15.2 Å². The lowest BCUT2D eigenvalue weighted by atomic mass is 10.0. The summed E-state index contributed by atoms with van der Waals surface area (Å²) in [6.07, 6.45) is 2.41. The second-order valence-corrected chi connectivity index (χ2v) is 9.05. The maximum Gasteiger partial charge on any atom is 0.276 e. The predicted molar refractivity (Wildman–Crippen MR) is 106 cm³/mol. The number of carbonyl (C=O) groups excluding carboxylic acids is 2. The number of ether oxygens (including phenoxy) is 1. The van der Waals surface area contributed by atoms with E-state index in [-0.39, 0.29) is 12.4 Å². The molecule has 0 radical (unpaired) electrons. The van der Waals surface area contributed by atoms with Gasteiger partial charge in [0.1, 0.15) is 11.8 Å². The lowest BCUT2D eigenvalue weighted by molar-refractivity contribution is -0.132. The Balaban J connectivity index is 1.87. The van der Waals surface area contributed by atoms with Gasteiger partial charge in [0.25, 0.3) is 11.8 Å². The van der Waals surface area contributed by atoms with E-state index in [9.17, 15) is 18.0 Å². The number of piperidine rings is 1. The Morgan fingerprint density at radius 1 is 1.18 bits per heavy atom. The molecular formula is C19H29N3O5S. The standard InChI is InChI=1S/C19H29N3O5S/c1-4-11-28(25,26)22-10-6-5-7-17(22)19(24)21-20-18(23)13-27-16-9-8-14(2)15(3)12-16/h8-9,12,17H,4-7,10-11,13H2,1-3H3,(H,20,23)(H,21,24). The van der Waals surface area contributed by atoms with Crippen LogP contribution in [0.2, 0.25) is 0 Å². The molecule has 1 atom stereocenters. The second-order valence-electron chi connectivity index (χ2n) is 7.01. The molecule has 2 amide bonds. The first-order valence-electron chi connectivity index (χ1n) is 9.53. The highest BCUT2D eigenvalue weighted by Gasteiger charge is 2.36. The van der Waals surface area contributed by atoms with Gasteiger partial charge in [-0.05, 0) is 56.4 Å². The van der Waals surface area contributed by atoms with Crippen LogP contribution in [0.1, 0.15) is 43.7 Å². The lowest BCUT2D eigenvalue weighted by Crippen LogP contribution is -2.56. The Bertz CT molecular complexity index is 810. The average Bonchev–Trinajstić information content (AvgIpc) is 2.67. The van der Waals surface area contributed by atoms with Crippen LogP contribution in [0.4, 0.5) is 0 Å². The third-order valence-electron chi connectivity index (χ3n) is 4.75. The number of benzene rings is 1. The molecule has 1 saturated heterocycles. The summed E-state index contributed by atoms with van der Waals surface area (Å²) in [7, 11) is -3.48. The van der Waals surface area contributed by atoms with Crippen molar-refractivity contribution < 1.29 is 22.7 Å². The number of hydrogen-bond acceptors (Lipinski definition) is 5. The van der Waals surface area contributed by atoms with Crippen LogP contribution in [0, 0.1) is 13.8 Å². The Kier molecular flexibility index (Phi) is 7.82. The van der Waals surface area contributed by atoms with E-state index in [0.29, 0.717) is 25.1 Å². The largest absolute Gasteiger partial charge is 0.484 e. The molecule has 28 heavy (non-hydrogen) atoms. The van der Waals surface area contributed by atoms with Gasteiger partial charge in [0.2, 0.25) is 10.0 Å². The Morgan fingerprint density at radius 3 is 2.61 bits per heavy atom. The van der Waals surface area contributed by atoms with Crippen molar-refractivity contribution in [2.24, 2.45) is 0 Å². The molecule has 156 valence electrons. The molecule has 0 saturated carbocycles. The Labute approximate surface area is 166 Å². The smallest absolute Gasteiger partial charge is 0.276 e. The molecule has 8 nitrogen and oxygen atoms in total. The number of nitrogens with one attached hydrogen (secondary N) is 2. The van der Waals surface area contributed by atoms with Crippen molar-refractivity contribution in [1.29, 1.82) is 0 Å². The van der Waals surface area contributed by atoms with Gasteiger partial charge in [-0.15, -0.1) is 0 Å². The highest BCUT2D eigenvalue weighted by Crippen LogP contribution is 2.21. The first kappa shape index (κ1) is 22.2. The molecule has 2 rings (SSSR count). The molecular weight excluding hydrogens is 382 g/mol. The average molecular weight is 412 g/mol. The van der Waals surface area contributed by atoms with Crippen LogP contribution in [-0.4, -0.2) is 49.5 Å². The van der Waals surface area contributed by atoms with Gasteiger partial charge in [0, 0.05) is 6.54 Å². The van der Waals surface area contributed by atoms with Crippen LogP contribution >= 0.6 is 0 Å². The number of carbonyl (C=O) groups is 2. The first-order valence-corrected chi connectivity index (χ1v) is 11.1. The summed E-state index contributed by atoms with van der Waals surface area (Å²) >= 11 is 0. The van der Waals surface area contributed by atoms with Gasteiger partial charge in [-0.25, -0.2) is 8.42 Å². The summed E-state index contributed by atoms with van der Waals surface area (Å²) in [5, 5.41) is 0. The molecule has 0 aromatic heterocycles. The third-order valence-corrected chi connectivity index (χ3v) is 6.82. The molecule has 0 aliphatic carbocycles. The molecule has 9 heteroatoms. The zero-order valence-electron chi connectivity index (χ0n) is 16.7. The molecule has 1 aromatic rings. The topological polar surface area (TPSA) is 105 Å². The van der Waals surface area contributed by atoms with Crippen LogP contribution in [-0.2, 0) is 19.6 Å². The molecule has 1 heterocycles. The van der Waals surface area contributed by atoms with E-state index in [1.54, 1.807) is 13.0 Å². The predicted octanol–water partition coefficient (Wildman–Crippen LogP) is 1.42. The van der Waals surface area contributed by atoms with Gasteiger partial charge in [-0.1, -0.05) is 19.4 Å². The lowest BCUT2D eigenvalue weighted by Gasteiger charge is -2.33. The number of sulfonamides is 1. The molecule has 1 fully saturated rings. The van der Waals surface area contributed by atoms with Crippen molar-refractivity contribution >= 4 is 21.8 Å². The molecule has 1 aliphatic heterocycles. The maximum atomic E-state index is 12.4. The fourth-order valence-corrected chi connectivity index (χ4v) is 4.83. The normalized spacial score (nSPS) is 17.8. The van der Waals surface area contributed by atoms with Crippen molar-refractivity contribution in [3.63, 3.8) is 0 Å². The zero-order chi connectivity index (χ0) is 20.7. The minimum absolute atomic E-state index is 0.00689. The van der Waals surface area contributed by atoms with Crippen LogP contribution in [0.3, 0.4) is 0 Å². The van der Waals surface area contributed by atoms with Crippen molar-refractivity contribution in [3.8, 4) is 5.75 Å². The summed E-state index contributed by atoms with van der Waals surface area (Å²) in [5.41, 5.74) is 6.80. The summed E-state index contributed by atoms with van der Waals surface area (Å²) < 4.78 is 31.5. The summed E-state index contributed by atoms with van der Waals surface area (Å²) in [6, 6.07) is 4.71. The van der Waals surface area contributed by atoms with Crippen LogP contribution in [0.25, 0.3) is 0 Å². The highest BCUT2D eigenvalue weighted by atomic mass is 32.2. The number of hydrazine groups is 1. The molecule has 0 bridgehead atoms. The maximum absolute atomic E-state index is 12.4. The summed E-state index contributed by atoms with van der Waals surface area (Å²) in [4.78, 5) is 24.4. The minimum Gasteiger partial charge on any atom is -0.484 e. The van der Waals surface area contributed by atoms with E-state index in [4.69, 9.17) is 4.74 Å². The van der Waals surface area contributed by atoms with E-state index in [2.05, 4.69) is 10.9 Å². The van der Waals surface area contributed by atoms with Crippen LogP contribution < -0.4 is 15.6 Å². The Morgan fingerprint density at radius 2 is 1.93 bits per heavy atom. The molecule has 2 N–H and O–H groups in total. The highest BCUT2D eigenvalue weighted by molar-refractivity contribution is 7.89. The number of hydrogen-bond donors (Lipinski definition) is 2. The number of rotatable bonds is 7. The van der Waals surface area contributed by atoms with E-state index in [1.165, 1.54) is 4.31 Å². The monoisotopic (exact) mass is 411 g/mol. The van der Waals surface area contributed by atoms with Crippen molar-refractivity contribution in [2.75, 3.05) is 18.9 Å². The molecule has 1 aromatic carbocycles.